The molecule has 32 heavy (non-hydrogen) atoms. The highest BCUT2D eigenvalue weighted by Crippen LogP contribution is 2.58. The average molecular weight is 428 g/mol. The van der Waals surface area contributed by atoms with Gasteiger partial charge in [-0.3, -0.25) is 14.7 Å². The first-order valence-electron chi connectivity index (χ1n) is 10.6. The smallest absolute Gasteiger partial charge is 0.242 e. The van der Waals surface area contributed by atoms with Crippen molar-refractivity contribution in [1.29, 1.82) is 0 Å². The van der Waals surface area contributed by atoms with Gasteiger partial charge in [0, 0.05) is 24.1 Å². The van der Waals surface area contributed by atoms with Gasteiger partial charge in [0.15, 0.2) is 11.6 Å². The first-order valence-corrected chi connectivity index (χ1v) is 10.6. The van der Waals surface area contributed by atoms with E-state index in [-0.39, 0.29) is 22.5 Å². The lowest BCUT2D eigenvalue weighted by Gasteiger charge is -2.46. The van der Waals surface area contributed by atoms with Crippen LogP contribution in [0.5, 0.6) is 5.88 Å². The number of aromatic amines is 1. The van der Waals surface area contributed by atoms with Gasteiger partial charge < -0.3 is 10.2 Å². The number of H-pyrrole nitrogens is 1. The number of nitrogens with zero attached hydrogens (tertiary/aromatic N) is 1. The first-order chi connectivity index (χ1) is 14.8. The SMILES string of the molecule is Cc1[nH]nc2c1[C@@]1(C(=O)c3ccccc3-c3ccccc31)C1=C(CC(C)(C)CC1=O)O2.O. The summed E-state index contributed by atoms with van der Waals surface area (Å²) in [6.07, 6.45) is 0.957. The Bertz CT molecular complexity index is 1350. The normalized spacial score (nSPS) is 22.3. The molecular weight excluding hydrogens is 404 g/mol. The molecule has 0 amide bonds. The maximum absolute atomic E-state index is 14.4. The van der Waals surface area contributed by atoms with Crippen molar-refractivity contribution in [3.63, 3.8) is 0 Å². The van der Waals surface area contributed by atoms with Gasteiger partial charge in [-0.05, 0) is 29.0 Å². The van der Waals surface area contributed by atoms with Gasteiger partial charge in [-0.2, -0.15) is 0 Å². The molecule has 2 heterocycles. The van der Waals surface area contributed by atoms with Gasteiger partial charge in [-0.15, -0.1) is 5.10 Å². The molecule has 2 aromatic carbocycles. The fourth-order valence-electron chi connectivity index (χ4n) is 5.72. The number of fused-ring (bicyclic) bond motifs is 7. The molecule has 0 fully saturated rings. The minimum Gasteiger partial charge on any atom is -0.441 e. The van der Waals surface area contributed by atoms with E-state index in [9.17, 15) is 9.59 Å². The van der Waals surface area contributed by atoms with E-state index in [1.807, 2.05) is 55.5 Å². The first kappa shape index (κ1) is 20.4. The van der Waals surface area contributed by atoms with Crippen molar-refractivity contribution in [2.24, 2.45) is 5.41 Å². The molecule has 3 N–H and O–H groups in total. The Labute approximate surface area is 185 Å². The standard InChI is InChI=1S/C26H22N2O3.H2O/c1-14-21-24(28-27-14)31-20-13-25(2,3)12-19(29)22(20)26(21)18-11-7-6-9-16(18)15-8-4-5-10-17(15)23(26)30;/h4-11H,12-13H2,1-3H3,(H,27,28);1H2/t26-;/m1./s1. The summed E-state index contributed by atoms with van der Waals surface area (Å²) >= 11 is 0. The zero-order chi connectivity index (χ0) is 21.5. The van der Waals surface area contributed by atoms with E-state index in [1.54, 1.807) is 0 Å². The fraction of sp³-hybridized carbons (Fsp3) is 0.269. The Morgan fingerprint density at radius 1 is 0.938 bits per heavy atom. The molecule has 2 aliphatic carbocycles. The topological polar surface area (TPSA) is 104 Å². The van der Waals surface area contributed by atoms with E-state index < -0.39 is 5.41 Å². The monoisotopic (exact) mass is 428 g/mol. The predicted molar refractivity (Wildman–Crippen MR) is 120 cm³/mol. The van der Waals surface area contributed by atoms with Crippen LogP contribution < -0.4 is 4.74 Å². The van der Waals surface area contributed by atoms with Gasteiger partial charge >= 0.3 is 0 Å². The summed E-state index contributed by atoms with van der Waals surface area (Å²) in [6, 6.07) is 15.6. The highest BCUT2D eigenvalue weighted by Gasteiger charge is 2.60. The lowest BCUT2D eigenvalue weighted by atomic mass is 9.55. The van der Waals surface area contributed by atoms with Crippen molar-refractivity contribution in [2.75, 3.05) is 0 Å². The van der Waals surface area contributed by atoms with Crippen molar-refractivity contribution in [2.45, 2.75) is 39.0 Å². The maximum Gasteiger partial charge on any atom is 0.242 e. The molecule has 1 aliphatic heterocycles. The van der Waals surface area contributed by atoms with Gasteiger partial charge in [0.05, 0.1) is 11.1 Å². The van der Waals surface area contributed by atoms with Crippen LogP contribution in [0.3, 0.4) is 0 Å². The van der Waals surface area contributed by atoms with Crippen molar-refractivity contribution in [3.05, 3.63) is 82.2 Å². The van der Waals surface area contributed by atoms with Crippen LogP contribution in [0.2, 0.25) is 0 Å². The van der Waals surface area contributed by atoms with Crippen LogP contribution in [0.15, 0.2) is 59.9 Å². The molecule has 0 radical (unpaired) electrons. The zero-order valence-electron chi connectivity index (χ0n) is 18.2. The summed E-state index contributed by atoms with van der Waals surface area (Å²) in [5.41, 5.74) is 3.70. The van der Waals surface area contributed by atoms with E-state index in [1.165, 1.54) is 0 Å². The summed E-state index contributed by atoms with van der Waals surface area (Å²) in [6.45, 7) is 6.00. The minimum atomic E-state index is -1.25. The summed E-state index contributed by atoms with van der Waals surface area (Å²) in [7, 11) is 0. The lowest BCUT2D eigenvalue weighted by molar-refractivity contribution is -0.119. The molecule has 0 saturated heterocycles. The third kappa shape index (κ3) is 2.36. The molecule has 6 heteroatoms. The summed E-state index contributed by atoms with van der Waals surface area (Å²) < 4.78 is 6.21. The number of aromatic nitrogens is 2. The van der Waals surface area contributed by atoms with Gasteiger partial charge in [0.25, 0.3) is 0 Å². The van der Waals surface area contributed by atoms with Crippen molar-refractivity contribution < 1.29 is 19.8 Å². The Morgan fingerprint density at radius 2 is 1.59 bits per heavy atom. The Balaban J connectivity index is 0.00000216. The largest absolute Gasteiger partial charge is 0.441 e. The van der Waals surface area contributed by atoms with E-state index in [0.29, 0.717) is 41.2 Å². The van der Waals surface area contributed by atoms with Gasteiger partial charge in [0.2, 0.25) is 5.88 Å². The average Bonchev–Trinajstić information content (AvgIpc) is 3.11. The van der Waals surface area contributed by atoms with E-state index >= 15 is 0 Å². The van der Waals surface area contributed by atoms with Crippen molar-refractivity contribution >= 4 is 11.6 Å². The molecule has 0 unspecified atom stereocenters. The molecule has 1 aromatic heterocycles. The van der Waals surface area contributed by atoms with Crippen LogP contribution in [0.4, 0.5) is 0 Å². The van der Waals surface area contributed by atoms with Crippen LogP contribution >= 0.6 is 0 Å². The Kier molecular flexibility index (Phi) is 4.14. The second kappa shape index (κ2) is 6.50. The number of benzene rings is 2. The number of ether oxygens (including phenoxy) is 1. The highest BCUT2D eigenvalue weighted by atomic mass is 16.5. The van der Waals surface area contributed by atoms with Crippen LogP contribution in [0.25, 0.3) is 11.1 Å². The highest BCUT2D eigenvalue weighted by molar-refractivity contribution is 6.22. The van der Waals surface area contributed by atoms with Crippen LogP contribution in [-0.2, 0) is 10.2 Å². The molecule has 1 atom stereocenters. The maximum atomic E-state index is 14.4. The number of rotatable bonds is 0. The molecule has 0 saturated carbocycles. The number of ketones is 2. The number of carbonyl (C=O) groups is 2. The molecule has 0 bridgehead atoms. The third-order valence-corrected chi connectivity index (χ3v) is 6.85. The number of allylic oxidation sites excluding steroid dienone is 2. The summed E-state index contributed by atoms with van der Waals surface area (Å²) in [4.78, 5) is 28.2. The molecule has 3 aliphatic rings. The van der Waals surface area contributed by atoms with Gasteiger partial charge in [-0.25, -0.2) is 0 Å². The van der Waals surface area contributed by atoms with E-state index in [4.69, 9.17) is 4.74 Å². The predicted octanol–water partition coefficient (Wildman–Crippen LogP) is 4.08. The molecule has 162 valence electrons. The van der Waals surface area contributed by atoms with Gasteiger partial charge in [-0.1, -0.05) is 62.4 Å². The zero-order valence-corrected chi connectivity index (χ0v) is 18.2. The quantitative estimate of drug-likeness (QED) is 0.583. The van der Waals surface area contributed by atoms with Gasteiger partial charge in [0.1, 0.15) is 11.2 Å². The second-order valence-corrected chi connectivity index (χ2v) is 9.54. The third-order valence-electron chi connectivity index (χ3n) is 6.85. The van der Waals surface area contributed by atoms with Crippen molar-refractivity contribution in [1.82, 2.24) is 10.2 Å². The number of carbonyl (C=O) groups excluding carboxylic acids is 2. The number of Topliss-reactive ketones (excluding diaryl/α,β-unsaturated/α-hetero) is 2. The molecule has 6 nitrogen and oxygen atoms in total. The molecular formula is C26H24N2O4. The number of nitrogens with one attached hydrogen (secondary N) is 1. The van der Waals surface area contributed by atoms with E-state index in [0.717, 1.165) is 22.4 Å². The number of hydrogen-bond acceptors (Lipinski definition) is 4. The lowest BCUT2D eigenvalue weighted by Crippen LogP contribution is -2.49. The summed E-state index contributed by atoms with van der Waals surface area (Å²) in [5, 5.41) is 7.39. The molecule has 6 rings (SSSR count). The molecule has 3 aromatic rings. The number of hydrogen-bond donors (Lipinski definition) is 1. The Morgan fingerprint density at radius 3 is 2.34 bits per heavy atom. The fourth-order valence-corrected chi connectivity index (χ4v) is 5.72. The van der Waals surface area contributed by atoms with Crippen LogP contribution in [0, 0.1) is 12.3 Å². The number of aryl methyl sites for hydroxylation is 1. The summed E-state index contributed by atoms with van der Waals surface area (Å²) in [5.74, 6) is 0.850. The van der Waals surface area contributed by atoms with E-state index in [2.05, 4.69) is 24.0 Å². The van der Waals surface area contributed by atoms with Crippen LogP contribution in [-0.4, -0.2) is 27.2 Å². The Hall–Kier alpha value is -3.51. The molecule has 1 spiro atoms. The van der Waals surface area contributed by atoms with Crippen LogP contribution in [0.1, 0.15) is 53.9 Å². The van der Waals surface area contributed by atoms with Crippen molar-refractivity contribution in [3.8, 4) is 17.0 Å². The minimum absolute atomic E-state index is 0. The second-order valence-electron chi connectivity index (χ2n) is 9.54.